The standard InChI is InChI=1S/C14H21BrN2/c15-13-11-12(5-1-2-8-16)6-7-14(13)17-9-3-4-10-17/h6-7,11H,1-5,8-10,16H2. The van der Waals surface area contributed by atoms with E-state index < -0.39 is 0 Å². The van der Waals surface area contributed by atoms with Gasteiger partial charge >= 0.3 is 0 Å². The monoisotopic (exact) mass is 296 g/mol. The minimum absolute atomic E-state index is 0.799. The van der Waals surface area contributed by atoms with Crippen LogP contribution in [-0.2, 0) is 6.42 Å². The fourth-order valence-corrected chi connectivity index (χ4v) is 3.07. The summed E-state index contributed by atoms with van der Waals surface area (Å²) in [6.07, 6.45) is 6.09. The van der Waals surface area contributed by atoms with Crippen molar-refractivity contribution in [3.8, 4) is 0 Å². The zero-order valence-corrected chi connectivity index (χ0v) is 11.9. The Bertz CT molecular complexity index is 359. The SMILES string of the molecule is NCCCCc1ccc(N2CCCC2)c(Br)c1. The molecule has 0 radical (unpaired) electrons. The van der Waals surface area contributed by atoms with Crippen LogP contribution in [0.25, 0.3) is 0 Å². The normalized spacial score (nSPS) is 15.5. The van der Waals surface area contributed by atoms with Crippen molar-refractivity contribution in [2.45, 2.75) is 32.1 Å². The second-order valence-corrected chi connectivity index (χ2v) is 5.58. The molecule has 0 bridgehead atoms. The number of nitrogens with two attached hydrogens (primary N) is 1. The smallest absolute Gasteiger partial charge is 0.0510 e. The Morgan fingerprint density at radius 2 is 1.94 bits per heavy atom. The van der Waals surface area contributed by atoms with Crippen molar-refractivity contribution in [2.75, 3.05) is 24.5 Å². The Hall–Kier alpha value is -0.540. The fourth-order valence-electron chi connectivity index (χ4n) is 2.39. The molecule has 2 rings (SSSR count). The van der Waals surface area contributed by atoms with Crippen molar-refractivity contribution in [2.24, 2.45) is 5.73 Å². The summed E-state index contributed by atoms with van der Waals surface area (Å²) in [6, 6.07) is 6.78. The zero-order valence-electron chi connectivity index (χ0n) is 10.3. The van der Waals surface area contributed by atoms with E-state index >= 15 is 0 Å². The maximum Gasteiger partial charge on any atom is 0.0510 e. The lowest BCUT2D eigenvalue weighted by Crippen LogP contribution is -2.18. The van der Waals surface area contributed by atoms with Gasteiger partial charge in [0.1, 0.15) is 0 Å². The summed E-state index contributed by atoms with van der Waals surface area (Å²) in [5.74, 6) is 0. The number of rotatable bonds is 5. The minimum atomic E-state index is 0.799. The van der Waals surface area contributed by atoms with Crippen LogP contribution >= 0.6 is 15.9 Å². The Kier molecular flexibility index (Phi) is 4.86. The summed E-state index contributed by atoms with van der Waals surface area (Å²) in [5, 5.41) is 0. The van der Waals surface area contributed by atoms with Crippen LogP contribution in [0.4, 0.5) is 5.69 Å². The van der Waals surface area contributed by atoms with Gasteiger partial charge in [0.05, 0.1) is 5.69 Å². The molecule has 1 aromatic rings. The fraction of sp³-hybridized carbons (Fsp3) is 0.571. The predicted octanol–water partition coefficient (Wildman–Crippen LogP) is 3.33. The van der Waals surface area contributed by atoms with E-state index in [-0.39, 0.29) is 0 Å². The molecule has 17 heavy (non-hydrogen) atoms. The molecule has 0 unspecified atom stereocenters. The number of unbranched alkanes of at least 4 members (excludes halogenated alkanes) is 1. The molecular formula is C14H21BrN2. The lowest BCUT2D eigenvalue weighted by molar-refractivity contribution is 0.744. The van der Waals surface area contributed by atoms with Crippen LogP contribution in [0.5, 0.6) is 0 Å². The third kappa shape index (κ3) is 3.46. The summed E-state index contributed by atoms with van der Waals surface area (Å²) < 4.78 is 1.24. The average Bonchev–Trinajstić information content (AvgIpc) is 2.83. The first kappa shape index (κ1) is 12.9. The van der Waals surface area contributed by atoms with Crippen molar-refractivity contribution in [3.05, 3.63) is 28.2 Å². The number of hydrogen-bond acceptors (Lipinski definition) is 2. The van der Waals surface area contributed by atoms with Crippen LogP contribution in [0.2, 0.25) is 0 Å². The van der Waals surface area contributed by atoms with Crippen LogP contribution < -0.4 is 10.6 Å². The first-order valence-corrected chi connectivity index (χ1v) is 7.34. The van der Waals surface area contributed by atoms with E-state index in [9.17, 15) is 0 Å². The quantitative estimate of drug-likeness (QED) is 0.845. The summed E-state index contributed by atoms with van der Waals surface area (Å²) >= 11 is 3.70. The number of halogens is 1. The van der Waals surface area contributed by atoms with Crippen LogP contribution in [0.1, 0.15) is 31.2 Å². The van der Waals surface area contributed by atoms with Gasteiger partial charge < -0.3 is 10.6 Å². The van der Waals surface area contributed by atoms with E-state index in [4.69, 9.17) is 5.73 Å². The molecule has 0 saturated carbocycles. The maximum atomic E-state index is 5.51. The van der Waals surface area contributed by atoms with E-state index in [0.717, 1.165) is 19.4 Å². The molecule has 1 aliphatic rings. The van der Waals surface area contributed by atoms with Crippen molar-refractivity contribution >= 4 is 21.6 Å². The molecular weight excluding hydrogens is 276 g/mol. The molecule has 3 heteroatoms. The molecule has 0 amide bonds. The van der Waals surface area contributed by atoms with E-state index in [2.05, 4.69) is 39.0 Å². The van der Waals surface area contributed by atoms with Gasteiger partial charge in [0, 0.05) is 17.6 Å². The summed E-state index contributed by atoms with van der Waals surface area (Å²) in [6.45, 7) is 3.20. The van der Waals surface area contributed by atoms with Gasteiger partial charge in [0.2, 0.25) is 0 Å². The Labute approximate surface area is 112 Å². The number of hydrogen-bond donors (Lipinski definition) is 1. The molecule has 0 atom stereocenters. The molecule has 94 valence electrons. The highest BCUT2D eigenvalue weighted by molar-refractivity contribution is 9.10. The van der Waals surface area contributed by atoms with E-state index in [1.165, 1.54) is 48.1 Å². The predicted molar refractivity (Wildman–Crippen MR) is 77.6 cm³/mol. The lowest BCUT2D eigenvalue weighted by Gasteiger charge is -2.19. The highest BCUT2D eigenvalue weighted by Crippen LogP contribution is 2.30. The molecule has 2 nitrogen and oxygen atoms in total. The summed E-state index contributed by atoms with van der Waals surface area (Å²) in [5.41, 5.74) is 8.28. The van der Waals surface area contributed by atoms with Gasteiger partial charge in [-0.2, -0.15) is 0 Å². The highest BCUT2D eigenvalue weighted by atomic mass is 79.9. The lowest BCUT2D eigenvalue weighted by atomic mass is 10.1. The van der Waals surface area contributed by atoms with Gasteiger partial charge in [-0.15, -0.1) is 0 Å². The van der Waals surface area contributed by atoms with Gasteiger partial charge in [0.15, 0.2) is 0 Å². The van der Waals surface area contributed by atoms with Gasteiger partial charge in [-0.05, 0) is 72.3 Å². The van der Waals surface area contributed by atoms with Crippen LogP contribution in [0, 0.1) is 0 Å². The van der Waals surface area contributed by atoms with Crippen LogP contribution in [0.3, 0.4) is 0 Å². The number of aryl methyl sites for hydroxylation is 1. The van der Waals surface area contributed by atoms with E-state index in [0.29, 0.717) is 0 Å². The Balaban J connectivity index is 2.00. The van der Waals surface area contributed by atoms with E-state index in [1.807, 2.05) is 0 Å². The Morgan fingerprint density at radius 3 is 2.59 bits per heavy atom. The Morgan fingerprint density at radius 1 is 1.18 bits per heavy atom. The third-order valence-electron chi connectivity index (χ3n) is 3.38. The number of anilines is 1. The molecule has 0 aromatic heterocycles. The largest absolute Gasteiger partial charge is 0.371 e. The highest BCUT2D eigenvalue weighted by Gasteiger charge is 2.14. The van der Waals surface area contributed by atoms with E-state index in [1.54, 1.807) is 0 Å². The topological polar surface area (TPSA) is 29.3 Å². The molecule has 0 aliphatic carbocycles. The maximum absolute atomic E-state index is 5.51. The first-order valence-electron chi connectivity index (χ1n) is 6.54. The van der Waals surface area contributed by atoms with Crippen LogP contribution in [0.15, 0.2) is 22.7 Å². The van der Waals surface area contributed by atoms with Crippen molar-refractivity contribution in [1.82, 2.24) is 0 Å². The zero-order chi connectivity index (χ0) is 12.1. The van der Waals surface area contributed by atoms with Crippen molar-refractivity contribution in [1.29, 1.82) is 0 Å². The minimum Gasteiger partial charge on any atom is -0.371 e. The summed E-state index contributed by atoms with van der Waals surface area (Å²) in [4.78, 5) is 2.47. The number of benzene rings is 1. The molecule has 1 aromatic carbocycles. The molecule has 1 heterocycles. The van der Waals surface area contributed by atoms with Gasteiger partial charge in [-0.25, -0.2) is 0 Å². The third-order valence-corrected chi connectivity index (χ3v) is 4.01. The van der Waals surface area contributed by atoms with Crippen LogP contribution in [-0.4, -0.2) is 19.6 Å². The molecule has 0 spiro atoms. The van der Waals surface area contributed by atoms with Gasteiger partial charge in [0.25, 0.3) is 0 Å². The second-order valence-electron chi connectivity index (χ2n) is 4.73. The van der Waals surface area contributed by atoms with Gasteiger partial charge in [-0.1, -0.05) is 6.07 Å². The molecule has 1 fully saturated rings. The molecule has 1 aliphatic heterocycles. The second kappa shape index (κ2) is 6.41. The van der Waals surface area contributed by atoms with Crippen molar-refractivity contribution < 1.29 is 0 Å². The first-order chi connectivity index (χ1) is 8.31. The van der Waals surface area contributed by atoms with Crippen molar-refractivity contribution in [3.63, 3.8) is 0 Å². The summed E-state index contributed by atoms with van der Waals surface area (Å²) in [7, 11) is 0. The molecule has 2 N–H and O–H groups in total. The molecule has 1 saturated heterocycles. The average molecular weight is 297 g/mol. The number of nitrogens with zero attached hydrogens (tertiary/aromatic N) is 1. The van der Waals surface area contributed by atoms with Gasteiger partial charge in [-0.3, -0.25) is 0 Å².